The number of aromatic nitrogens is 2. The normalized spacial score (nSPS) is 12.8. The third kappa shape index (κ3) is 5.06. The Hall–Kier alpha value is -3.66. The van der Waals surface area contributed by atoms with Crippen molar-refractivity contribution in [1.29, 1.82) is 0 Å². The van der Waals surface area contributed by atoms with E-state index >= 15 is 0 Å². The Labute approximate surface area is 196 Å². The Morgan fingerprint density at radius 2 is 1.45 bits per heavy atom. The molecule has 4 heteroatoms. The van der Waals surface area contributed by atoms with Crippen LogP contribution in [0.4, 0.5) is 0 Å². The van der Waals surface area contributed by atoms with Crippen molar-refractivity contribution in [2.45, 2.75) is 45.6 Å². The first kappa shape index (κ1) is 22.5. The Balaban J connectivity index is 1.64. The van der Waals surface area contributed by atoms with Crippen LogP contribution in [0.3, 0.4) is 0 Å². The molecule has 0 saturated carbocycles. The molecule has 1 aromatic heterocycles. The van der Waals surface area contributed by atoms with Crippen molar-refractivity contribution in [2.24, 2.45) is 0 Å². The fourth-order valence-corrected chi connectivity index (χ4v) is 4.01. The van der Waals surface area contributed by atoms with Gasteiger partial charge in [-0.3, -0.25) is 4.79 Å². The van der Waals surface area contributed by atoms with Gasteiger partial charge in [-0.2, -0.15) is 5.10 Å². The average molecular weight is 438 g/mol. The smallest absolute Gasteiger partial charge is 0.255 e. The molecule has 2 atom stereocenters. The Kier molecular flexibility index (Phi) is 7.04. The molecule has 0 radical (unpaired) electrons. The van der Waals surface area contributed by atoms with Gasteiger partial charge >= 0.3 is 0 Å². The number of carbonyl (C=O) groups excluding carboxylic acids is 1. The predicted octanol–water partition coefficient (Wildman–Crippen LogP) is 6.93. The van der Waals surface area contributed by atoms with Crippen molar-refractivity contribution >= 4 is 5.91 Å². The Morgan fingerprint density at radius 1 is 0.848 bits per heavy atom. The lowest BCUT2D eigenvalue weighted by Crippen LogP contribution is -2.28. The maximum Gasteiger partial charge on any atom is 0.255 e. The van der Waals surface area contributed by atoms with Gasteiger partial charge in [0.15, 0.2) is 0 Å². The molecule has 2 unspecified atom stereocenters. The highest BCUT2D eigenvalue weighted by atomic mass is 16.1. The van der Waals surface area contributed by atoms with E-state index in [1.807, 2.05) is 66.9 Å². The topological polar surface area (TPSA) is 46.9 Å². The van der Waals surface area contributed by atoms with Gasteiger partial charge in [-0.25, -0.2) is 4.68 Å². The highest BCUT2D eigenvalue weighted by molar-refractivity contribution is 6.00. The highest BCUT2D eigenvalue weighted by Gasteiger charge is 2.21. The van der Waals surface area contributed by atoms with Gasteiger partial charge in [0.2, 0.25) is 0 Å². The van der Waals surface area contributed by atoms with Gasteiger partial charge in [-0.1, -0.05) is 93.6 Å². The number of nitrogens with one attached hydrogen (secondary N) is 1. The zero-order chi connectivity index (χ0) is 23.2. The van der Waals surface area contributed by atoms with E-state index in [-0.39, 0.29) is 11.9 Å². The molecule has 4 rings (SSSR count). The number of amides is 1. The van der Waals surface area contributed by atoms with Crippen molar-refractivity contribution in [2.75, 3.05) is 0 Å². The minimum atomic E-state index is -0.117. The van der Waals surface area contributed by atoms with Crippen LogP contribution in [0.15, 0.2) is 91.1 Å². The average Bonchev–Trinajstić information content (AvgIpc) is 3.34. The molecule has 3 aromatic carbocycles. The Morgan fingerprint density at radius 3 is 2.06 bits per heavy atom. The maximum absolute atomic E-state index is 13.5. The summed E-state index contributed by atoms with van der Waals surface area (Å²) in [5, 5.41) is 8.02. The molecule has 168 valence electrons. The van der Waals surface area contributed by atoms with E-state index < -0.39 is 0 Å². The molecule has 4 aromatic rings. The molecular formula is C29H31N3O. The number of nitrogens with zero attached hydrogens (tertiary/aromatic N) is 2. The highest BCUT2D eigenvalue weighted by Crippen LogP contribution is 2.26. The zero-order valence-corrected chi connectivity index (χ0v) is 19.5. The molecule has 0 aliphatic rings. The molecule has 33 heavy (non-hydrogen) atoms. The first-order valence-corrected chi connectivity index (χ1v) is 11.7. The van der Waals surface area contributed by atoms with Crippen LogP contribution < -0.4 is 5.32 Å². The number of carbonyl (C=O) groups is 1. The lowest BCUT2D eigenvalue weighted by molar-refractivity contribution is 0.0936. The van der Waals surface area contributed by atoms with E-state index in [4.69, 9.17) is 5.10 Å². The van der Waals surface area contributed by atoms with E-state index in [0.717, 1.165) is 29.7 Å². The van der Waals surface area contributed by atoms with Crippen LogP contribution in [0.2, 0.25) is 0 Å². The van der Waals surface area contributed by atoms with Gasteiger partial charge in [0.25, 0.3) is 5.91 Å². The molecule has 1 amide bonds. The van der Waals surface area contributed by atoms with Crippen molar-refractivity contribution in [1.82, 2.24) is 15.1 Å². The molecule has 4 nitrogen and oxygen atoms in total. The van der Waals surface area contributed by atoms with Gasteiger partial charge in [0, 0.05) is 11.8 Å². The van der Waals surface area contributed by atoms with Gasteiger partial charge in [0.05, 0.1) is 17.3 Å². The minimum absolute atomic E-state index is 0.0628. The van der Waals surface area contributed by atoms with Gasteiger partial charge in [-0.15, -0.1) is 0 Å². The fraction of sp³-hybridized carbons (Fsp3) is 0.241. The second-order valence-electron chi connectivity index (χ2n) is 8.45. The summed E-state index contributed by atoms with van der Waals surface area (Å²) in [5.74, 6) is 0.417. The molecule has 1 N–H and O–H groups in total. The monoisotopic (exact) mass is 437 g/mol. The predicted molar refractivity (Wildman–Crippen MR) is 135 cm³/mol. The molecule has 0 aliphatic carbocycles. The van der Waals surface area contributed by atoms with Crippen molar-refractivity contribution < 1.29 is 4.79 Å². The summed E-state index contributed by atoms with van der Waals surface area (Å²) in [7, 11) is 0. The third-order valence-electron chi connectivity index (χ3n) is 6.26. The lowest BCUT2D eigenvalue weighted by atomic mass is 9.95. The van der Waals surface area contributed by atoms with Crippen molar-refractivity contribution in [3.63, 3.8) is 0 Å². The van der Waals surface area contributed by atoms with Crippen molar-refractivity contribution in [3.8, 4) is 16.9 Å². The van der Waals surface area contributed by atoms with E-state index in [1.54, 1.807) is 4.68 Å². The molecule has 0 bridgehead atoms. The number of rotatable bonds is 8. The summed E-state index contributed by atoms with van der Waals surface area (Å²) in [5.41, 5.74) is 5.54. The summed E-state index contributed by atoms with van der Waals surface area (Å²) < 4.78 is 1.78. The van der Waals surface area contributed by atoms with Crippen LogP contribution in [0.25, 0.3) is 16.9 Å². The van der Waals surface area contributed by atoms with Crippen LogP contribution in [0.5, 0.6) is 0 Å². The van der Waals surface area contributed by atoms with Gasteiger partial charge in [-0.05, 0) is 42.0 Å². The molecule has 0 spiro atoms. The molecule has 1 heterocycles. The number of hydrogen-bond acceptors (Lipinski definition) is 2. The molecule has 0 aliphatic heterocycles. The first-order valence-electron chi connectivity index (χ1n) is 11.7. The maximum atomic E-state index is 13.5. The first-order chi connectivity index (χ1) is 16.1. The number of benzene rings is 3. The van der Waals surface area contributed by atoms with Crippen LogP contribution in [0.1, 0.15) is 67.1 Å². The zero-order valence-electron chi connectivity index (χ0n) is 19.5. The molecule has 0 fully saturated rings. The van der Waals surface area contributed by atoms with E-state index in [0.29, 0.717) is 17.2 Å². The van der Waals surface area contributed by atoms with E-state index in [1.165, 1.54) is 5.56 Å². The quantitative estimate of drug-likeness (QED) is 0.325. The summed E-state index contributed by atoms with van der Waals surface area (Å²) in [6, 6.07) is 28.3. The van der Waals surface area contributed by atoms with Crippen LogP contribution in [-0.4, -0.2) is 15.7 Å². The largest absolute Gasteiger partial charge is 0.345 e. The van der Waals surface area contributed by atoms with Crippen LogP contribution >= 0.6 is 0 Å². The number of para-hydroxylation sites is 1. The van der Waals surface area contributed by atoms with Gasteiger partial charge in [0.1, 0.15) is 5.69 Å². The fourth-order valence-electron chi connectivity index (χ4n) is 4.01. The summed E-state index contributed by atoms with van der Waals surface area (Å²) in [6.07, 6.45) is 3.74. The second-order valence-corrected chi connectivity index (χ2v) is 8.45. The summed E-state index contributed by atoms with van der Waals surface area (Å²) >= 11 is 0. The lowest BCUT2D eigenvalue weighted by Gasteiger charge is -2.19. The second kappa shape index (κ2) is 10.3. The molecular weight excluding hydrogens is 406 g/mol. The molecule has 0 saturated heterocycles. The minimum Gasteiger partial charge on any atom is -0.345 e. The third-order valence-corrected chi connectivity index (χ3v) is 6.26. The standard InChI is InChI=1S/C29H31N3O/c1-4-21(3)22-16-18-23(19-17-22)27(5-2)30-29(33)26-20-32(25-14-10-7-11-15-25)31-28(26)24-12-8-6-9-13-24/h6-21,27H,4-5H2,1-3H3,(H,30,33). The van der Waals surface area contributed by atoms with Crippen LogP contribution in [-0.2, 0) is 0 Å². The van der Waals surface area contributed by atoms with Crippen molar-refractivity contribution in [3.05, 3.63) is 108 Å². The van der Waals surface area contributed by atoms with Crippen LogP contribution in [0, 0.1) is 0 Å². The summed E-state index contributed by atoms with van der Waals surface area (Å²) in [6.45, 7) is 6.54. The van der Waals surface area contributed by atoms with E-state index in [9.17, 15) is 4.79 Å². The van der Waals surface area contributed by atoms with Gasteiger partial charge < -0.3 is 5.32 Å². The Bertz CT molecular complexity index is 1180. The van der Waals surface area contributed by atoms with E-state index in [2.05, 4.69) is 50.4 Å². The number of hydrogen-bond donors (Lipinski definition) is 1. The SMILES string of the molecule is CCC(C)c1ccc(C(CC)NC(=O)c2cn(-c3ccccc3)nc2-c2ccccc2)cc1. The summed E-state index contributed by atoms with van der Waals surface area (Å²) in [4.78, 5) is 13.5.